The molecule has 3 aromatic rings. The molecule has 1 N–H and O–H groups in total. The molecule has 8 heteroatoms. The molecule has 7 nitrogen and oxygen atoms in total. The van der Waals surface area contributed by atoms with Crippen LogP contribution >= 0.6 is 0 Å². The second-order valence-corrected chi connectivity index (χ2v) is 9.92. The maximum absolute atomic E-state index is 13.5. The fourth-order valence-electron chi connectivity index (χ4n) is 3.54. The Morgan fingerprint density at radius 3 is 2.06 bits per heavy atom. The molecule has 0 heterocycles. The number of hydrogen-bond donors (Lipinski definition) is 1. The topological polar surface area (TPSA) is 84.9 Å². The number of benzene rings is 3. The van der Waals surface area contributed by atoms with Crippen LogP contribution in [0.25, 0.3) is 0 Å². The second kappa shape index (κ2) is 10.6. The number of anilines is 1. The summed E-state index contributed by atoms with van der Waals surface area (Å²) < 4.78 is 38.9. The molecule has 0 saturated heterocycles. The van der Waals surface area contributed by atoms with Crippen molar-refractivity contribution in [1.82, 2.24) is 5.32 Å². The Morgan fingerprint density at radius 1 is 0.912 bits per heavy atom. The van der Waals surface area contributed by atoms with Crippen LogP contribution in [0.1, 0.15) is 29.7 Å². The summed E-state index contributed by atoms with van der Waals surface area (Å²) in [6.07, 6.45) is 0. The number of ether oxygens (including phenoxy) is 2. The molecule has 0 fully saturated rings. The standard InChI is InChI=1S/C26H30N2O5S/c1-18-6-10-21(11-7-18)28(34(30,31)23-13-8-19(2)9-14-23)17-26(29)27-20(3)24-16-22(32-4)12-15-25(24)33-5/h6-16,20H,17H2,1-5H3,(H,27,29). The van der Waals surface area contributed by atoms with Gasteiger partial charge in [-0.15, -0.1) is 0 Å². The Kier molecular flexibility index (Phi) is 7.83. The van der Waals surface area contributed by atoms with Gasteiger partial charge in [-0.05, 0) is 63.2 Å². The predicted octanol–water partition coefficient (Wildman–Crippen LogP) is 4.39. The van der Waals surface area contributed by atoms with Gasteiger partial charge in [0.2, 0.25) is 5.91 Å². The fourth-order valence-corrected chi connectivity index (χ4v) is 4.96. The monoisotopic (exact) mass is 482 g/mol. The minimum Gasteiger partial charge on any atom is -0.497 e. The highest BCUT2D eigenvalue weighted by molar-refractivity contribution is 7.92. The Labute approximate surface area is 201 Å². The Bertz CT molecular complexity index is 1240. The first-order chi connectivity index (χ1) is 16.1. The summed E-state index contributed by atoms with van der Waals surface area (Å²) in [6, 6.07) is 18.5. The molecule has 3 rings (SSSR count). The number of aryl methyl sites for hydroxylation is 2. The molecule has 0 radical (unpaired) electrons. The maximum Gasteiger partial charge on any atom is 0.264 e. The lowest BCUT2D eigenvalue weighted by Gasteiger charge is -2.25. The second-order valence-electron chi connectivity index (χ2n) is 8.06. The number of hydrogen-bond acceptors (Lipinski definition) is 5. The molecule has 1 amide bonds. The van der Waals surface area contributed by atoms with E-state index in [-0.39, 0.29) is 11.4 Å². The number of amides is 1. The van der Waals surface area contributed by atoms with E-state index in [1.165, 1.54) is 0 Å². The van der Waals surface area contributed by atoms with Gasteiger partial charge in [-0.3, -0.25) is 9.10 Å². The molecule has 0 aromatic heterocycles. The van der Waals surface area contributed by atoms with Gasteiger partial charge >= 0.3 is 0 Å². The Morgan fingerprint density at radius 2 is 1.50 bits per heavy atom. The molecule has 34 heavy (non-hydrogen) atoms. The largest absolute Gasteiger partial charge is 0.497 e. The summed E-state index contributed by atoms with van der Waals surface area (Å²) in [6.45, 7) is 5.23. The molecule has 0 spiro atoms. The van der Waals surface area contributed by atoms with Crippen LogP contribution in [0.15, 0.2) is 71.6 Å². The van der Waals surface area contributed by atoms with E-state index in [9.17, 15) is 13.2 Å². The highest BCUT2D eigenvalue weighted by Gasteiger charge is 2.28. The molecule has 0 aliphatic rings. The highest BCUT2D eigenvalue weighted by atomic mass is 32.2. The molecule has 1 unspecified atom stereocenters. The molecular weight excluding hydrogens is 452 g/mol. The molecule has 0 aliphatic heterocycles. The third-order valence-corrected chi connectivity index (χ3v) is 7.29. The Hall–Kier alpha value is -3.52. The molecule has 0 bridgehead atoms. The third kappa shape index (κ3) is 5.69. The minimum absolute atomic E-state index is 0.119. The average Bonchev–Trinajstić information content (AvgIpc) is 2.83. The van der Waals surface area contributed by atoms with E-state index in [0.717, 1.165) is 21.0 Å². The van der Waals surface area contributed by atoms with Crippen LogP contribution in [0.5, 0.6) is 11.5 Å². The number of methoxy groups -OCH3 is 2. The van der Waals surface area contributed by atoms with Gasteiger partial charge in [-0.2, -0.15) is 0 Å². The first-order valence-corrected chi connectivity index (χ1v) is 12.3. The minimum atomic E-state index is -3.97. The van der Waals surface area contributed by atoms with E-state index < -0.39 is 22.0 Å². The van der Waals surface area contributed by atoms with Crippen LogP contribution in [-0.2, 0) is 14.8 Å². The van der Waals surface area contributed by atoms with E-state index in [0.29, 0.717) is 17.2 Å². The average molecular weight is 483 g/mol. The molecule has 0 aliphatic carbocycles. The van der Waals surface area contributed by atoms with Crippen LogP contribution in [0.3, 0.4) is 0 Å². The van der Waals surface area contributed by atoms with Crippen molar-refractivity contribution in [3.63, 3.8) is 0 Å². The molecule has 3 aromatic carbocycles. The summed E-state index contributed by atoms with van der Waals surface area (Å²) in [5.41, 5.74) is 3.06. The lowest BCUT2D eigenvalue weighted by molar-refractivity contribution is -0.120. The summed E-state index contributed by atoms with van der Waals surface area (Å²) in [5.74, 6) is 0.769. The molecule has 1 atom stereocenters. The lowest BCUT2D eigenvalue weighted by atomic mass is 10.1. The zero-order valence-corrected chi connectivity index (χ0v) is 20.8. The van der Waals surface area contributed by atoms with Gasteiger partial charge in [0.25, 0.3) is 10.0 Å². The van der Waals surface area contributed by atoms with Crippen molar-refractivity contribution in [1.29, 1.82) is 0 Å². The van der Waals surface area contributed by atoms with Gasteiger partial charge in [-0.1, -0.05) is 35.4 Å². The van der Waals surface area contributed by atoms with Crippen molar-refractivity contribution in [3.8, 4) is 11.5 Å². The van der Waals surface area contributed by atoms with Gasteiger partial charge < -0.3 is 14.8 Å². The summed E-state index contributed by atoms with van der Waals surface area (Å²) in [5, 5.41) is 2.89. The van der Waals surface area contributed by atoms with Crippen molar-refractivity contribution in [3.05, 3.63) is 83.4 Å². The van der Waals surface area contributed by atoms with E-state index >= 15 is 0 Å². The summed E-state index contributed by atoms with van der Waals surface area (Å²) in [7, 11) is -0.866. The highest BCUT2D eigenvalue weighted by Crippen LogP contribution is 2.29. The fraction of sp³-hybridized carbons (Fsp3) is 0.269. The van der Waals surface area contributed by atoms with Crippen LogP contribution < -0.4 is 19.1 Å². The zero-order valence-electron chi connectivity index (χ0n) is 20.0. The van der Waals surface area contributed by atoms with E-state index in [1.54, 1.807) is 75.7 Å². The van der Waals surface area contributed by atoms with Crippen molar-refractivity contribution < 1.29 is 22.7 Å². The number of carbonyl (C=O) groups excluding carboxylic acids is 1. The summed E-state index contributed by atoms with van der Waals surface area (Å²) >= 11 is 0. The van der Waals surface area contributed by atoms with Crippen LogP contribution in [0.4, 0.5) is 5.69 Å². The van der Waals surface area contributed by atoms with Crippen molar-refractivity contribution >= 4 is 21.6 Å². The molecular formula is C26H30N2O5S. The van der Waals surface area contributed by atoms with Gasteiger partial charge in [0, 0.05) is 5.56 Å². The van der Waals surface area contributed by atoms with E-state index in [1.807, 2.05) is 26.0 Å². The number of nitrogens with one attached hydrogen (secondary N) is 1. The predicted molar refractivity (Wildman–Crippen MR) is 133 cm³/mol. The first kappa shape index (κ1) is 25.1. The van der Waals surface area contributed by atoms with Crippen LogP contribution in [0, 0.1) is 13.8 Å². The van der Waals surface area contributed by atoms with Gasteiger partial charge in [0.15, 0.2) is 0 Å². The molecule has 180 valence electrons. The lowest BCUT2D eigenvalue weighted by Crippen LogP contribution is -2.41. The van der Waals surface area contributed by atoms with Gasteiger partial charge in [0.1, 0.15) is 18.0 Å². The maximum atomic E-state index is 13.5. The number of carbonyl (C=O) groups is 1. The quantitative estimate of drug-likeness (QED) is 0.489. The van der Waals surface area contributed by atoms with Crippen molar-refractivity contribution in [2.75, 3.05) is 25.1 Å². The van der Waals surface area contributed by atoms with Gasteiger partial charge in [-0.25, -0.2) is 8.42 Å². The van der Waals surface area contributed by atoms with Crippen LogP contribution in [-0.4, -0.2) is 35.1 Å². The zero-order chi connectivity index (χ0) is 24.9. The SMILES string of the molecule is COc1ccc(OC)c(C(C)NC(=O)CN(c2ccc(C)cc2)S(=O)(=O)c2ccc(C)cc2)c1. The smallest absolute Gasteiger partial charge is 0.264 e. The van der Waals surface area contributed by atoms with Crippen LogP contribution in [0.2, 0.25) is 0 Å². The van der Waals surface area contributed by atoms with Crippen molar-refractivity contribution in [2.24, 2.45) is 0 Å². The van der Waals surface area contributed by atoms with Gasteiger partial charge in [0.05, 0.1) is 30.8 Å². The molecule has 0 saturated carbocycles. The van der Waals surface area contributed by atoms with E-state index in [4.69, 9.17) is 9.47 Å². The number of nitrogens with zero attached hydrogens (tertiary/aromatic N) is 1. The number of rotatable bonds is 9. The first-order valence-electron chi connectivity index (χ1n) is 10.8. The third-order valence-electron chi connectivity index (χ3n) is 5.50. The van der Waals surface area contributed by atoms with E-state index in [2.05, 4.69) is 5.32 Å². The normalized spacial score (nSPS) is 12.0. The van der Waals surface area contributed by atoms with Crippen molar-refractivity contribution in [2.45, 2.75) is 31.7 Å². The number of sulfonamides is 1. The summed E-state index contributed by atoms with van der Waals surface area (Å²) in [4.78, 5) is 13.2. The Balaban J connectivity index is 1.90.